The van der Waals surface area contributed by atoms with Crippen LogP contribution >= 0.6 is 11.6 Å². The summed E-state index contributed by atoms with van der Waals surface area (Å²) in [4.78, 5) is 11.4. The molecule has 0 radical (unpaired) electrons. The number of aromatic nitrogens is 3. The van der Waals surface area contributed by atoms with Gasteiger partial charge in [-0.1, -0.05) is 18.2 Å². The fourth-order valence-electron chi connectivity index (χ4n) is 5.38. The van der Waals surface area contributed by atoms with Crippen molar-refractivity contribution in [2.75, 3.05) is 19.7 Å². The van der Waals surface area contributed by atoms with Gasteiger partial charge < -0.3 is 23.9 Å². The maximum atomic E-state index is 15.0. The normalized spacial score (nSPS) is 17.4. The number of nitriles is 1. The first-order chi connectivity index (χ1) is 20.9. The Morgan fingerprint density at radius 1 is 1.19 bits per heavy atom. The van der Waals surface area contributed by atoms with E-state index < -0.39 is 5.82 Å². The van der Waals surface area contributed by atoms with Crippen LogP contribution in [0.5, 0.6) is 11.5 Å². The largest absolute Gasteiger partial charge is 0.508 e. The molecule has 2 saturated heterocycles. The Hall–Kier alpha value is -4.17. The van der Waals surface area contributed by atoms with Gasteiger partial charge in [0.1, 0.15) is 41.3 Å². The van der Waals surface area contributed by atoms with Gasteiger partial charge in [0.25, 0.3) is 0 Å². The van der Waals surface area contributed by atoms with Gasteiger partial charge in [0, 0.05) is 37.5 Å². The van der Waals surface area contributed by atoms with Gasteiger partial charge in [-0.2, -0.15) is 5.26 Å². The highest BCUT2D eigenvalue weighted by Gasteiger charge is 2.26. The quantitative estimate of drug-likeness (QED) is 0.219. The zero-order valence-electron chi connectivity index (χ0n) is 23.5. The van der Waals surface area contributed by atoms with Gasteiger partial charge in [-0.3, -0.25) is 9.88 Å². The number of imidazole rings is 1. The second-order valence-electron chi connectivity index (χ2n) is 10.8. The van der Waals surface area contributed by atoms with Gasteiger partial charge in [0.2, 0.25) is 0 Å². The Balaban J connectivity index is 1.07. The Bertz CT molecular complexity index is 1690. The van der Waals surface area contributed by atoms with Gasteiger partial charge in [0.05, 0.1) is 47.1 Å². The van der Waals surface area contributed by atoms with Crippen molar-refractivity contribution < 1.29 is 23.7 Å². The number of halogens is 2. The van der Waals surface area contributed by atoms with Gasteiger partial charge in [0.15, 0.2) is 5.82 Å². The molecule has 0 aliphatic carbocycles. The van der Waals surface area contributed by atoms with Gasteiger partial charge in [-0.15, -0.1) is 0 Å². The molecule has 2 aromatic carbocycles. The minimum absolute atomic E-state index is 0.0400. The average Bonchev–Trinajstić information content (AvgIpc) is 3.32. The summed E-state index contributed by atoms with van der Waals surface area (Å²) in [6.45, 7) is 7.24. The molecule has 0 spiro atoms. The van der Waals surface area contributed by atoms with Crippen LogP contribution in [0.25, 0.3) is 16.8 Å². The number of hydrogen-bond donors (Lipinski definition) is 1. The lowest BCUT2D eigenvalue weighted by molar-refractivity contribution is -0.0592. The van der Waals surface area contributed by atoms with Crippen LogP contribution in [0.3, 0.4) is 0 Å². The third-order valence-electron chi connectivity index (χ3n) is 7.83. The van der Waals surface area contributed by atoms with Crippen molar-refractivity contribution in [2.45, 2.75) is 51.2 Å². The molecule has 2 aliphatic rings. The second kappa shape index (κ2) is 12.6. The molecule has 0 bridgehead atoms. The van der Waals surface area contributed by atoms with Crippen LogP contribution in [-0.2, 0) is 24.4 Å². The second-order valence-corrected chi connectivity index (χ2v) is 11.2. The minimum atomic E-state index is -0.480. The topological polar surface area (TPSA) is 106 Å². The van der Waals surface area contributed by atoms with Gasteiger partial charge >= 0.3 is 0 Å². The van der Waals surface area contributed by atoms with E-state index in [9.17, 15) is 9.50 Å². The molecule has 1 N–H and O–H groups in total. The Morgan fingerprint density at radius 3 is 2.70 bits per heavy atom. The number of benzene rings is 2. The van der Waals surface area contributed by atoms with Crippen molar-refractivity contribution in [3.8, 4) is 17.6 Å². The van der Waals surface area contributed by atoms with Crippen LogP contribution in [0.4, 0.5) is 4.39 Å². The number of aliphatic hydroxyl groups excluding tert-OH is 1. The summed E-state index contributed by atoms with van der Waals surface area (Å²) < 4.78 is 34.7. The number of hydrogen-bond acceptors (Lipinski definition) is 8. The molecule has 222 valence electrons. The van der Waals surface area contributed by atoms with E-state index in [1.54, 1.807) is 30.5 Å². The van der Waals surface area contributed by atoms with Crippen molar-refractivity contribution in [3.63, 3.8) is 0 Å². The molecule has 4 heterocycles. The summed E-state index contributed by atoms with van der Waals surface area (Å²) in [5.74, 6) is 1.31. The zero-order valence-corrected chi connectivity index (χ0v) is 24.3. The lowest BCUT2D eigenvalue weighted by Crippen LogP contribution is -2.39. The monoisotopic (exact) mass is 603 g/mol. The molecule has 0 saturated carbocycles. The molecule has 2 aliphatic heterocycles. The first-order valence-electron chi connectivity index (χ1n) is 14.2. The highest BCUT2D eigenvalue weighted by atomic mass is 35.5. The predicted octanol–water partition coefficient (Wildman–Crippen LogP) is 6.04. The molecule has 6 rings (SSSR count). The first-order valence-corrected chi connectivity index (χ1v) is 14.6. The molecule has 0 unspecified atom stereocenters. The molecular formula is C32H31ClFN5O4. The number of pyridine rings is 1. The smallest absolute Gasteiger partial charge is 0.151 e. The third-order valence-corrected chi connectivity index (χ3v) is 8.12. The van der Waals surface area contributed by atoms with Crippen molar-refractivity contribution in [3.05, 3.63) is 88.7 Å². The fourth-order valence-corrected chi connectivity index (χ4v) is 5.61. The standard InChI is InChI=1S/C32H31ClFN5O4/c1-20(40)22-13-28(34)32-29(14-22)39(17-26-7-11-41-26)31(37-32)18-38-9-5-24(6-10-38)43-25-4-8-36-23(15-25)19-42-30-3-2-21(16-35)12-27(30)33/h2-4,8,12-15,24,26,40H,1,5-7,9-11,17-19H2/t26-/m0/s1. The van der Waals surface area contributed by atoms with Crippen molar-refractivity contribution in [2.24, 2.45) is 0 Å². The Kier molecular flexibility index (Phi) is 8.47. The minimum Gasteiger partial charge on any atom is -0.508 e. The number of nitrogens with zero attached hydrogens (tertiary/aromatic N) is 5. The number of aliphatic hydroxyl groups is 1. The highest BCUT2D eigenvalue weighted by Crippen LogP contribution is 2.29. The molecule has 4 aromatic rings. The molecule has 9 nitrogen and oxygen atoms in total. The van der Waals surface area contributed by atoms with Crippen molar-refractivity contribution >= 4 is 28.4 Å². The molecular weight excluding hydrogens is 573 g/mol. The van der Waals surface area contributed by atoms with E-state index in [0.29, 0.717) is 46.2 Å². The van der Waals surface area contributed by atoms with E-state index in [0.717, 1.165) is 50.5 Å². The number of fused-ring (bicyclic) bond motifs is 1. The number of piperidine rings is 1. The predicted molar refractivity (Wildman–Crippen MR) is 159 cm³/mol. The van der Waals surface area contributed by atoms with Crippen LogP contribution < -0.4 is 9.47 Å². The van der Waals surface area contributed by atoms with Crippen molar-refractivity contribution in [1.82, 2.24) is 19.4 Å². The SMILES string of the molecule is C=C(O)c1cc(F)c2nc(CN3CCC(Oc4ccnc(COc5ccc(C#N)cc5Cl)c4)CC3)n(C[C@@H]3CCO3)c2c1. The first kappa shape index (κ1) is 28.9. The van der Waals surface area contributed by atoms with E-state index in [4.69, 9.17) is 31.1 Å². The van der Waals surface area contributed by atoms with Crippen LogP contribution in [0.1, 0.15) is 41.9 Å². The summed E-state index contributed by atoms with van der Waals surface area (Å²) in [5, 5.41) is 19.3. The van der Waals surface area contributed by atoms with E-state index in [1.807, 2.05) is 16.7 Å². The average molecular weight is 604 g/mol. The van der Waals surface area contributed by atoms with Crippen LogP contribution in [0, 0.1) is 17.1 Å². The molecule has 0 amide bonds. The Morgan fingerprint density at radius 2 is 2.00 bits per heavy atom. The van der Waals surface area contributed by atoms with E-state index in [1.165, 1.54) is 6.07 Å². The summed E-state index contributed by atoms with van der Waals surface area (Å²) in [6.07, 6.45) is 4.39. The lowest BCUT2D eigenvalue weighted by atomic mass is 10.1. The molecule has 11 heteroatoms. The molecule has 1 atom stereocenters. The summed E-state index contributed by atoms with van der Waals surface area (Å²) in [5.41, 5.74) is 2.43. The molecule has 43 heavy (non-hydrogen) atoms. The number of likely N-dealkylation sites (tertiary alicyclic amines) is 1. The lowest BCUT2D eigenvalue weighted by Gasteiger charge is -2.32. The molecule has 2 fully saturated rings. The number of rotatable bonds is 10. The summed E-state index contributed by atoms with van der Waals surface area (Å²) in [6, 6.07) is 13.6. The maximum absolute atomic E-state index is 15.0. The molecule has 2 aromatic heterocycles. The van der Waals surface area contributed by atoms with E-state index >= 15 is 0 Å². The third kappa shape index (κ3) is 6.59. The number of ether oxygens (including phenoxy) is 3. The van der Waals surface area contributed by atoms with Gasteiger partial charge in [-0.25, -0.2) is 9.37 Å². The van der Waals surface area contributed by atoms with Crippen molar-refractivity contribution in [1.29, 1.82) is 5.26 Å². The van der Waals surface area contributed by atoms with Crippen LogP contribution in [-0.4, -0.2) is 56.4 Å². The highest BCUT2D eigenvalue weighted by molar-refractivity contribution is 6.32. The van der Waals surface area contributed by atoms with E-state index in [-0.39, 0.29) is 30.1 Å². The summed E-state index contributed by atoms with van der Waals surface area (Å²) >= 11 is 6.22. The summed E-state index contributed by atoms with van der Waals surface area (Å²) in [7, 11) is 0. The van der Waals surface area contributed by atoms with Gasteiger partial charge in [-0.05, 0) is 55.7 Å². The van der Waals surface area contributed by atoms with E-state index in [2.05, 4.69) is 27.5 Å². The zero-order chi connectivity index (χ0) is 29.9. The maximum Gasteiger partial charge on any atom is 0.151 e. The fraction of sp³-hybridized carbons (Fsp3) is 0.344. The van der Waals surface area contributed by atoms with Crippen LogP contribution in [0.15, 0.2) is 55.2 Å². The van der Waals surface area contributed by atoms with Crippen LogP contribution in [0.2, 0.25) is 5.02 Å². The Labute approximate surface area is 253 Å².